The van der Waals surface area contributed by atoms with E-state index in [1.54, 1.807) is 18.5 Å². The summed E-state index contributed by atoms with van der Waals surface area (Å²) in [6.45, 7) is 4.50. The highest BCUT2D eigenvalue weighted by Crippen LogP contribution is 2.20. The van der Waals surface area contributed by atoms with Crippen LogP contribution in [0, 0.1) is 0 Å². The highest BCUT2D eigenvalue weighted by Gasteiger charge is 2.26. The van der Waals surface area contributed by atoms with Gasteiger partial charge in [-0.2, -0.15) is 0 Å². The predicted molar refractivity (Wildman–Crippen MR) is 89.7 cm³/mol. The Hall–Kier alpha value is -2.25. The molecule has 3 heterocycles. The number of halogens is 1. The normalized spacial score (nSPS) is 18.6. The lowest BCUT2D eigenvalue weighted by Gasteiger charge is -2.38. The summed E-state index contributed by atoms with van der Waals surface area (Å²) in [6.07, 6.45) is 4.33. The summed E-state index contributed by atoms with van der Waals surface area (Å²) in [7, 11) is 0. The second kappa shape index (κ2) is 7.11. The summed E-state index contributed by atoms with van der Waals surface area (Å²) in [6, 6.07) is 3.98. The highest BCUT2D eigenvalue weighted by atomic mass is 35.5. The van der Waals surface area contributed by atoms with Crippen LogP contribution in [0.1, 0.15) is 12.5 Å². The molecule has 1 saturated heterocycles. The van der Waals surface area contributed by atoms with Gasteiger partial charge in [-0.15, -0.1) is 0 Å². The van der Waals surface area contributed by atoms with Gasteiger partial charge in [0, 0.05) is 56.4 Å². The van der Waals surface area contributed by atoms with E-state index >= 15 is 0 Å². The van der Waals surface area contributed by atoms with E-state index in [0.29, 0.717) is 26.2 Å². The average Bonchev–Trinajstić information content (AvgIpc) is 2.57. The zero-order valence-corrected chi connectivity index (χ0v) is 14.0. The molecule has 0 aliphatic carbocycles. The van der Waals surface area contributed by atoms with Crippen LogP contribution in [-0.2, 0) is 6.54 Å². The number of carboxylic acid groups (broad SMARTS) is 1. The molecule has 126 valence electrons. The van der Waals surface area contributed by atoms with Gasteiger partial charge in [0.2, 0.25) is 5.28 Å². The smallest absolute Gasteiger partial charge is 0.407 e. The molecule has 0 radical (unpaired) electrons. The summed E-state index contributed by atoms with van der Waals surface area (Å²) in [5, 5.41) is 9.30. The van der Waals surface area contributed by atoms with E-state index in [1.165, 1.54) is 4.90 Å². The van der Waals surface area contributed by atoms with Crippen LogP contribution in [0.5, 0.6) is 0 Å². The summed E-state index contributed by atoms with van der Waals surface area (Å²) in [4.78, 5) is 27.2. The van der Waals surface area contributed by atoms with E-state index in [9.17, 15) is 4.79 Å². The van der Waals surface area contributed by atoms with Crippen molar-refractivity contribution in [1.29, 1.82) is 0 Å². The summed E-state index contributed by atoms with van der Waals surface area (Å²) in [5.74, 6) is 0. The molecule has 0 aromatic carbocycles. The Bertz CT molecular complexity index is 742. The number of rotatable bonds is 3. The first-order valence-electron chi connectivity index (χ1n) is 7.67. The van der Waals surface area contributed by atoms with Gasteiger partial charge in [-0.05, 0) is 36.2 Å². The number of hydrogen-bond acceptors (Lipinski definition) is 5. The molecule has 1 atom stereocenters. The molecule has 3 rings (SSSR count). The van der Waals surface area contributed by atoms with Crippen LogP contribution < -0.4 is 0 Å². The van der Waals surface area contributed by atoms with E-state index in [2.05, 4.69) is 19.9 Å². The molecule has 2 aromatic rings. The number of carbonyl (C=O) groups is 1. The van der Waals surface area contributed by atoms with Crippen LogP contribution in [0.3, 0.4) is 0 Å². The van der Waals surface area contributed by atoms with Crippen molar-refractivity contribution in [3.05, 3.63) is 41.6 Å². The van der Waals surface area contributed by atoms with Gasteiger partial charge in [0.15, 0.2) is 0 Å². The largest absolute Gasteiger partial charge is 0.465 e. The van der Waals surface area contributed by atoms with Crippen LogP contribution in [0.25, 0.3) is 11.3 Å². The third kappa shape index (κ3) is 3.80. The maximum atomic E-state index is 11.1. The van der Waals surface area contributed by atoms with E-state index < -0.39 is 6.09 Å². The van der Waals surface area contributed by atoms with Gasteiger partial charge >= 0.3 is 6.09 Å². The molecule has 1 aliphatic rings. The molecular formula is C16H18ClN5O2. The lowest BCUT2D eigenvalue weighted by Crippen LogP contribution is -2.52. The number of aromatic nitrogens is 3. The van der Waals surface area contributed by atoms with Gasteiger partial charge in [0.05, 0.1) is 5.69 Å². The molecule has 7 nitrogen and oxygen atoms in total. The second-order valence-corrected chi connectivity index (χ2v) is 6.18. The van der Waals surface area contributed by atoms with Crippen molar-refractivity contribution in [3.8, 4) is 11.3 Å². The maximum absolute atomic E-state index is 11.1. The number of hydrogen-bond donors (Lipinski definition) is 1. The van der Waals surface area contributed by atoms with Crippen LogP contribution in [0.2, 0.25) is 5.28 Å². The van der Waals surface area contributed by atoms with Crippen molar-refractivity contribution >= 4 is 17.7 Å². The first-order valence-corrected chi connectivity index (χ1v) is 8.05. The quantitative estimate of drug-likeness (QED) is 0.858. The minimum absolute atomic E-state index is 0.159. The minimum Gasteiger partial charge on any atom is -0.465 e. The standard InChI is InChI=1S/C16H18ClN5O2/c1-11-9-22(16(23)24)5-4-21(11)10-12-6-13(8-18-7-12)14-2-3-19-15(17)20-14/h2-3,6-8,11H,4-5,9-10H2,1H3,(H,23,24). The van der Waals surface area contributed by atoms with Crippen LogP contribution in [0.4, 0.5) is 4.79 Å². The zero-order chi connectivity index (χ0) is 17.1. The molecule has 1 fully saturated rings. The van der Waals surface area contributed by atoms with Gasteiger partial charge in [-0.3, -0.25) is 9.88 Å². The molecule has 2 aromatic heterocycles. The number of amides is 1. The Morgan fingerprint density at radius 2 is 2.25 bits per heavy atom. The molecule has 0 spiro atoms. The first-order chi connectivity index (χ1) is 11.5. The van der Waals surface area contributed by atoms with E-state index in [0.717, 1.165) is 16.8 Å². The fourth-order valence-electron chi connectivity index (χ4n) is 2.85. The van der Waals surface area contributed by atoms with Gasteiger partial charge < -0.3 is 10.0 Å². The van der Waals surface area contributed by atoms with Crippen molar-refractivity contribution in [2.75, 3.05) is 19.6 Å². The lowest BCUT2D eigenvalue weighted by molar-refractivity contribution is 0.0712. The molecule has 0 bridgehead atoms. The van der Waals surface area contributed by atoms with Crippen LogP contribution >= 0.6 is 11.6 Å². The van der Waals surface area contributed by atoms with Gasteiger partial charge in [0.1, 0.15) is 0 Å². The molecule has 1 amide bonds. The molecule has 0 saturated carbocycles. The Kier molecular flexibility index (Phi) is 4.92. The molecule has 8 heteroatoms. The average molecular weight is 348 g/mol. The maximum Gasteiger partial charge on any atom is 0.407 e. The molecule has 1 N–H and O–H groups in total. The van der Waals surface area contributed by atoms with E-state index in [-0.39, 0.29) is 11.3 Å². The van der Waals surface area contributed by atoms with Gasteiger partial charge in [-0.25, -0.2) is 14.8 Å². The fourth-order valence-corrected chi connectivity index (χ4v) is 3.00. The second-order valence-electron chi connectivity index (χ2n) is 5.84. The zero-order valence-electron chi connectivity index (χ0n) is 13.3. The number of pyridine rings is 1. The lowest BCUT2D eigenvalue weighted by atomic mass is 10.1. The highest BCUT2D eigenvalue weighted by molar-refractivity contribution is 6.28. The van der Waals surface area contributed by atoms with Crippen molar-refractivity contribution in [3.63, 3.8) is 0 Å². The molecular weight excluding hydrogens is 330 g/mol. The van der Waals surface area contributed by atoms with Crippen LogP contribution in [0.15, 0.2) is 30.7 Å². The predicted octanol–water partition coefficient (Wildman–Crippen LogP) is 2.38. The van der Waals surface area contributed by atoms with Crippen molar-refractivity contribution in [1.82, 2.24) is 24.8 Å². The Labute approximate surface area is 144 Å². The molecule has 1 unspecified atom stereocenters. The summed E-state index contributed by atoms with van der Waals surface area (Å²) < 4.78 is 0. The summed E-state index contributed by atoms with van der Waals surface area (Å²) >= 11 is 5.85. The Balaban J connectivity index is 1.72. The fraction of sp³-hybridized carbons (Fsp3) is 0.375. The molecule has 24 heavy (non-hydrogen) atoms. The monoisotopic (exact) mass is 347 g/mol. The third-order valence-electron chi connectivity index (χ3n) is 4.14. The molecule has 1 aliphatic heterocycles. The van der Waals surface area contributed by atoms with Crippen molar-refractivity contribution < 1.29 is 9.90 Å². The van der Waals surface area contributed by atoms with Crippen molar-refractivity contribution in [2.45, 2.75) is 19.5 Å². The number of nitrogens with zero attached hydrogens (tertiary/aromatic N) is 5. The van der Waals surface area contributed by atoms with E-state index in [1.807, 2.05) is 19.2 Å². The third-order valence-corrected chi connectivity index (χ3v) is 4.32. The Morgan fingerprint density at radius 1 is 1.42 bits per heavy atom. The first kappa shape index (κ1) is 16.6. The topological polar surface area (TPSA) is 82.5 Å². The van der Waals surface area contributed by atoms with Gasteiger partial charge in [-0.1, -0.05) is 0 Å². The number of piperazine rings is 1. The Morgan fingerprint density at radius 3 is 2.96 bits per heavy atom. The van der Waals surface area contributed by atoms with Gasteiger partial charge in [0.25, 0.3) is 0 Å². The minimum atomic E-state index is -0.856. The SMILES string of the molecule is CC1CN(C(=O)O)CCN1Cc1cncc(-c2ccnc(Cl)n2)c1. The summed E-state index contributed by atoms with van der Waals surface area (Å²) in [5.41, 5.74) is 2.67. The van der Waals surface area contributed by atoms with Crippen LogP contribution in [-0.4, -0.2) is 61.6 Å². The van der Waals surface area contributed by atoms with Crippen molar-refractivity contribution in [2.24, 2.45) is 0 Å². The van der Waals surface area contributed by atoms with E-state index in [4.69, 9.17) is 16.7 Å².